The number of aryl methyl sites for hydroxylation is 1. The van der Waals surface area contributed by atoms with Gasteiger partial charge in [0.05, 0.1) is 22.7 Å². The number of hydrogen-bond acceptors (Lipinski definition) is 6. The first kappa shape index (κ1) is 26.3. The Morgan fingerprint density at radius 2 is 2.03 bits per heavy atom. The molecule has 2 aliphatic rings. The second-order valence-electron chi connectivity index (χ2n) is 9.87. The number of nitrogens with two attached hydrogens (primary N) is 1. The quantitative estimate of drug-likeness (QED) is 0.389. The molecule has 1 unspecified atom stereocenters. The molecule has 6 nitrogen and oxygen atoms in total. The van der Waals surface area contributed by atoms with Crippen LogP contribution in [0.3, 0.4) is 0 Å². The number of alkyl halides is 3. The van der Waals surface area contributed by atoms with E-state index in [1.54, 1.807) is 25.1 Å². The third-order valence-electron chi connectivity index (χ3n) is 7.25. The number of carbonyl (C=O) groups is 2. The minimum Gasteiger partial charge on any atom is -0.371 e. The molecule has 1 saturated carbocycles. The molecule has 1 fully saturated rings. The molecule has 10 heteroatoms. The minimum atomic E-state index is -4.33. The van der Waals surface area contributed by atoms with Crippen LogP contribution in [-0.4, -0.2) is 23.0 Å². The molecule has 0 radical (unpaired) electrons. The summed E-state index contributed by atoms with van der Waals surface area (Å²) in [5, 5.41) is 8.13. The summed E-state index contributed by atoms with van der Waals surface area (Å²) < 4.78 is 44.8. The largest absolute Gasteiger partial charge is 0.397 e. The Balaban J connectivity index is 1.61. The second-order valence-corrected chi connectivity index (χ2v) is 10.2. The van der Waals surface area contributed by atoms with Crippen molar-refractivity contribution >= 4 is 24.1 Å². The Kier molecular flexibility index (Phi) is 7.24. The van der Waals surface area contributed by atoms with E-state index in [0.29, 0.717) is 41.9 Å². The van der Waals surface area contributed by atoms with Crippen LogP contribution in [0.4, 0.5) is 13.2 Å². The molecule has 1 aromatic heterocycles. The van der Waals surface area contributed by atoms with E-state index in [1.165, 1.54) is 20.0 Å². The van der Waals surface area contributed by atoms with E-state index in [0.717, 1.165) is 0 Å². The van der Waals surface area contributed by atoms with E-state index in [9.17, 15) is 22.8 Å². The molecule has 0 aliphatic heterocycles. The molecule has 3 rings (SSSR count). The first-order chi connectivity index (χ1) is 15.7. The number of nitrogens with zero attached hydrogens (tertiary/aromatic N) is 1. The van der Waals surface area contributed by atoms with Crippen LogP contribution in [0.2, 0.25) is 0 Å². The lowest BCUT2D eigenvalue weighted by Crippen LogP contribution is -2.34. The van der Waals surface area contributed by atoms with Crippen molar-refractivity contribution in [2.24, 2.45) is 27.8 Å². The van der Waals surface area contributed by atoms with Crippen molar-refractivity contribution in [1.29, 1.82) is 0 Å². The monoisotopic (exact) mass is 497 g/mol. The molecule has 4 atom stereocenters. The first-order valence-electron chi connectivity index (χ1n) is 11.0. The van der Waals surface area contributed by atoms with E-state index in [-0.39, 0.29) is 34.8 Å². The van der Waals surface area contributed by atoms with Crippen LogP contribution in [0.15, 0.2) is 36.1 Å². The summed E-state index contributed by atoms with van der Waals surface area (Å²) in [6, 6.07) is 1.33. The molecule has 3 N–H and O–H groups in total. The fourth-order valence-electron chi connectivity index (χ4n) is 4.42. The summed E-state index contributed by atoms with van der Waals surface area (Å²) in [5.41, 5.74) is -0.412. The van der Waals surface area contributed by atoms with Gasteiger partial charge >= 0.3 is 12.1 Å². The van der Waals surface area contributed by atoms with Crippen molar-refractivity contribution in [2.75, 3.05) is 0 Å². The predicted octanol–water partition coefficient (Wildman–Crippen LogP) is 5.36. The highest BCUT2D eigenvalue weighted by atomic mass is 32.2. The maximum atomic E-state index is 13.4. The van der Waals surface area contributed by atoms with E-state index < -0.39 is 17.6 Å². The maximum absolute atomic E-state index is 13.4. The number of pyridine rings is 1. The van der Waals surface area contributed by atoms with Gasteiger partial charge in [-0.3, -0.25) is 9.78 Å². The highest BCUT2D eigenvalue weighted by Crippen LogP contribution is 2.60. The fraction of sp³-hybridized carbons (Fsp3) is 0.542. The number of aromatic nitrogens is 1. The topological polar surface area (TPSA) is 94.3 Å². The number of nitrogens with one attached hydrogen (secondary N) is 1. The van der Waals surface area contributed by atoms with Gasteiger partial charge in [0.25, 0.3) is 0 Å². The van der Waals surface area contributed by atoms with E-state index in [4.69, 9.17) is 9.32 Å². The van der Waals surface area contributed by atoms with Crippen LogP contribution in [0, 0.1) is 29.6 Å². The Hall–Kier alpha value is -2.33. The molecule has 0 spiro atoms. The zero-order chi connectivity index (χ0) is 25.5. The lowest BCUT2D eigenvalue weighted by molar-refractivity contribution is -0.196. The molecular formula is C24H30F3N3O3S. The number of halogens is 3. The smallest absolute Gasteiger partial charge is 0.371 e. The molecule has 186 valence electrons. The molecule has 0 bridgehead atoms. The molecule has 0 aromatic carbocycles. The van der Waals surface area contributed by atoms with Gasteiger partial charge in [0.1, 0.15) is 12.2 Å². The number of carbonyl (C=O) groups excluding carboxylic acids is 2. The zero-order valence-electron chi connectivity index (χ0n) is 19.8. The summed E-state index contributed by atoms with van der Waals surface area (Å²) in [5.74, 6) is -0.938. The summed E-state index contributed by atoms with van der Waals surface area (Å²) in [6.07, 6.45) is 3.24. The van der Waals surface area contributed by atoms with Crippen LogP contribution < -0.4 is 10.5 Å². The van der Waals surface area contributed by atoms with Gasteiger partial charge in [-0.15, -0.1) is 0 Å². The Morgan fingerprint density at radius 1 is 1.35 bits per heavy atom. The van der Waals surface area contributed by atoms with Gasteiger partial charge < -0.3 is 9.50 Å². The van der Waals surface area contributed by atoms with Gasteiger partial charge in [0.15, 0.2) is 0 Å². The third-order valence-corrected chi connectivity index (χ3v) is 7.50. The summed E-state index contributed by atoms with van der Waals surface area (Å²) in [7, 11) is 0. The second kappa shape index (κ2) is 9.37. The highest BCUT2D eigenvalue weighted by molar-refractivity contribution is 7.92. The minimum absolute atomic E-state index is 0.00239. The van der Waals surface area contributed by atoms with Crippen molar-refractivity contribution in [1.82, 2.24) is 10.3 Å². The van der Waals surface area contributed by atoms with Crippen molar-refractivity contribution < 1.29 is 26.9 Å². The SMILES string of the molecule is Cc1cc([C@@H](C)NC(=O)[C@H]2C[C@]2(C)C2C=CC(C(C)(C)C(F)(F)F)=CC2)ncc1C(=O)OSN. The van der Waals surface area contributed by atoms with Gasteiger partial charge in [0.2, 0.25) is 5.91 Å². The summed E-state index contributed by atoms with van der Waals surface area (Å²) >= 11 is 0.463. The number of allylic oxidation sites excluding steroid dienone is 4. The first-order valence-corrected chi connectivity index (χ1v) is 11.8. The number of amides is 1. The summed E-state index contributed by atoms with van der Waals surface area (Å²) in [4.78, 5) is 29.1. The van der Waals surface area contributed by atoms with Crippen molar-refractivity contribution in [3.05, 3.63) is 52.9 Å². The van der Waals surface area contributed by atoms with Crippen LogP contribution in [0.25, 0.3) is 0 Å². The van der Waals surface area contributed by atoms with Crippen molar-refractivity contribution in [3.8, 4) is 0 Å². The standard InChI is InChI=1S/C24H30F3N3O3S/c1-13-10-19(29-12-17(13)21(32)33-34-28)14(2)30-20(31)18-11-23(18,5)16-8-6-15(7-9-16)22(3,4)24(25,26)27/h6-8,10,12,14,16,18H,9,11,28H2,1-5H3,(H,30,31)/t14-,16?,18-,23-/m1/s1. The van der Waals surface area contributed by atoms with Crippen LogP contribution >= 0.6 is 12.2 Å². The van der Waals surface area contributed by atoms with Crippen molar-refractivity contribution in [2.45, 2.75) is 59.7 Å². The average Bonchev–Trinajstić information content (AvgIpc) is 3.46. The lowest BCUT2D eigenvalue weighted by Gasteiger charge is -2.32. The van der Waals surface area contributed by atoms with Crippen LogP contribution in [0.5, 0.6) is 0 Å². The van der Waals surface area contributed by atoms with Crippen LogP contribution in [-0.2, 0) is 8.98 Å². The predicted molar refractivity (Wildman–Crippen MR) is 124 cm³/mol. The number of hydrogen-bond donors (Lipinski definition) is 2. The number of rotatable bonds is 7. The van der Waals surface area contributed by atoms with Gasteiger partial charge in [-0.2, -0.15) is 13.2 Å². The normalized spacial score (nSPS) is 25.4. The molecule has 1 aromatic rings. The molecule has 1 heterocycles. The molecular weight excluding hydrogens is 467 g/mol. The third kappa shape index (κ3) is 5.02. The Labute approximate surface area is 201 Å². The molecule has 2 aliphatic carbocycles. The summed E-state index contributed by atoms with van der Waals surface area (Å²) in [6.45, 7) is 7.92. The van der Waals surface area contributed by atoms with E-state index in [1.807, 2.05) is 19.9 Å². The van der Waals surface area contributed by atoms with Crippen LogP contribution in [0.1, 0.15) is 68.2 Å². The Bertz CT molecular complexity index is 1040. The average molecular weight is 498 g/mol. The van der Waals surface area contributed by atoms with Gasteiger partial charge in [0, 0.05) is 12.1 Å². The van der Waals surface area contributed by atoms with E-state index in [2.05, 4.69) is 10.3 Å². The van der Waals surface area contributed by atoms with Gasteiger partial charge in [-0.25, -0.2) is 9.93 Å². The van der Waals surface area contributed by atoms with Gasteiger partial charge in [-0.05, 0) is 69.1 Å². The maximum Gasteiger partial charge on any atom is 0.397 e. The highest BCUT2D eigenvalue weighted by Gasteiger charge is 2.58. The zero-order valence-corrected chi connectivity index (χ0v) is 20.6. The molecule has 0 saturated heterocycles. The molecule has 34 heavy (non-hydrogen) atoms. The van der Waals surface area contributed by atoms with E-state index >= 15 is 0 Å². The fourth-order valence-corrected chi connectivity index (χ4v) is 4.60. The van der Waals surface area contributed by atoms with Gasteiger partial charge in [-0.1, -0.05) is 25.2 Å². The lowest BCUT2D eigenvalue weighted by atomic mass is 9.75. The molecule has 1 amide bonds. The Morgan fingerprint density at radius 3 is 2.56 bits per heavy atom. The van der Waals surface area contributed by atoms with Crippen molar-refractivity contribution in [3.63, 3.8) is 0 Å².